The first-order valence-electron chi connectivity index (χ1n) is 4.14. The fraction of sp³-hybridized carbons (Fsp3) is 0.375. The molecule has 90 valence electrons. The van der Waals surface area contributed by atoms with Crippen molar-refractivity contribution in [2.75, 3.05) is 0 Å². The van der Waals surface area contributed by atoms with Gasteiger partial charge in [-0.1, -0.05) is 6.07 Å². The zero-order valence-electron chi connectivity index (χ0n) is 8.10. The van der Waals surface area contributed by atoms with Gasteiger partial charge in [0.25, 0.3) is 0 Å². The molecule has 0 saturated carbocycles. The largest absolute Gasteiger partial charge is 0.523 e. The van der Waals surface area contributed by atoms with Gasteiger partial charge >= 0.3 is 15.6 Å². The summed E-state index contributed by atoms with van der Waals surface area (Å²) in [6.07, 6.45) is 0.0443. The van der Waals surface area contributed by atoms with Crippen molar-refractivity contribution >= 4 is 10.1 Å². The van der Waals surface area contributed by atoms with Crippen LogP contribution in [0, 0.1) is 0 Å². The predicted octanol–water partition coefficient (Wildman–Crippen LogP) is 2.01. The van der Waals surface area contributed by atoms with Crippen molar-refractivity contribution in [3.05, 3.63) is 30.1 Å². The molecule has 16 heavy (non-hydrogen) atoms. The minimum absolute atomic E-state index is 0.107. The lowest BCUT2D eigenvalue weighted by molar-refractivity contribution is -0.0570. The Balaban J connectivity index is 2.85. The van der Waals surface area contributed by atoms with Gasteiger partial charge in [-0.05, 0) is 19.1 Å². The van der Waals surface area contributed by atoms with Crippen LogP contribution < -0.4 is 0 Å². The van der Waals surface area contributed by atoms with E-state index < -0.39 is 21.7 Å². The number of halogens is 3. The highest BCUT2D eigenvalue weighted by Crippen LogP contribution is 2.29. The van der Waals surface area contributed by atoms with Gasteiger partial charge in [0.15, 0.2) is 0 Å². The third kappa shape index (κ3) is 2.92. The van der Waals surface area contributed by atoms with Gasteiger partial charge in [-0.15, -0.1) is 0 Å². The van der Waals surface area contributed by atoms with Gasteiger partial charge in [0.1, 0.15) is 6.10 Å². The molecule has 1 aromatic rings. The Kier molecular flexibility index (Phi) is 3.54. The maximum atomic E-state index is 12.0. The highest BCUT2D eigenvalue weighted by atomic mass is 32.2. The fourth-order valence-electron chi connectivity index (χ4n) is 0.910. The van der Waals surface area contributed by atoms with Gasteiger partial charge in [0, 0.05) is 6.20 Å². The van der Waals surface area contributed by atoms with Gasteiger partial charge in [0.2, 0.25) is 0 Å². The summed E-state index contributed by atoms with van der Waals surface area (Å²) in [5, 5.41) is 0. The molecule has 0 bridgehead atoms. The van der Waals surface area contributed by atoms with Gasteiger partial charge in [-0.3, -0.25) is 9.17 Å². The molecule has 0 N–H and O–H groups in total. The lowest BCUT2D eigenvalue weighted by Gasteiger charge is -2.13. The monoisotopic (exact) mass is 255 g/mol. The number of alkyl halides is 3. The summed E-state index contributed by atoms with van der Waals surface area (Å²) in [6.45, 7) is 1.17. The van der Waals surface area contributed by atoms with Crippen LogP contribution in [0.25, 0.3) is 0 Å². The Labute approximate surface area is 90.2 Å². The number of hydrogen-bond acceptors (Lipinski definition) is 4. The second kappa shape index (κ2) is 4.38. The Hall–Kier alpha value is -1.15. The molecule has 0 aliphatic rings. The maximum Gasteiger partial charge on any atom is 0.523 e. The summed E-state index contributed by atoms with van der Waals surface area (Å²) in [4.78, 5) is 3.69. The minimum Gasteiger partial charge on any atom is -0.258 e. The normalized spacial score (nSPS) is 14.8. The van der Waals surface area contributed by atoms with Gasteiger partial charge < -0.3 is 0 Å². The number of hydrogen-bond donors (Lipinski definition) is 0. The van der Waals surface area contributed by atoms with E-state index in [0.29, 0.717) is 0 Å². The molecule has 0 saturated heterocycles. The average Bonchev–Trinajstić information content (AvgIpc) is 2.16. The molecule has 1 heterocycles. The number of nitrogens with zero attached hydrogens (tertiary/aromatic N) is 1. The lowest BCUT2D eigenvalue weighted by Crippen LogP contribution is -2.26. The van der Waals surface area contributed by atoms with E-state index in [1.54, 1.807) is 6.07 Å². The molecule has 8 heteroatoms. The van der Waals surface area contributed by atoms with E-state index in [0.717, 1.165) is 0 Å². The van der Waals surface area contributed by atoms with Crippen molar-refractivity contribution in [3.8, 4) is 0 Å². The van der Waals surface area contributed by atoms with Crippen LogP contribution in [0.15, 0.2) is 24.4 Å². The second-order valence-corrected chi connectivity index (χ2v) is 4.46. The topological polar surface area (TPSA) is 56.3 Å². The standard InChI is InChI=1S/C8H8F3NO3S/c1-6(7-4-2-3-5-12-7)15-16(13,14)8(9,10)11/h2-6H,1H3. The fourth-order valence-corrected chi connectivity index (χ4v) is 1.50. The summed E-state index contributed by atoms with van der Waals surface area (Å²) in [6, 6.07) is 4.44. The van der Waals surface area contributed by atoms with Crippen LogP contribution in [-0.4, -0.2) is 18.9 Å². The van der Waals surface area contributed by atoms with Crippen LogP contribution in [-0.2, 0) is 14.3 Å². The quantitative estimate of drug-likeness (QED) is 0.612. The molecule has 0 aliphatic carbocycles. The molecule has 0 aliphatic heterocycles. The molecule has 4 nitrogen and oxygen atoms in total. The van der Waals surface area contributed by atoms with E-state index in [-0.39, 0.29) is 5.69 Å². The van der Waals surface area contributed by atoms with E-state index in [1.807, 2.05) is 0 Å². The molecular weight excluding hydrogens is 247 g/mol. The molecular formula is C8H8F3NO3S. The third-order valence-corrected chi connectivity index (χ3v) is 2.77. The molecule has 0 fully saturated rings. The van der Waals surface area contributed by atoms with Crippen molar-refractivity contribution in [1.82, 2.24) is 4.98 Å². The van der Waals surface area contributed by atoms with Crippen LogP contribution in [0.3, 0.4) is 0 Å². The Morgan fingerprint density at radius 3 is 2.44 bits per heavy atom. The van der Waals surface area contributed by atoms with Crippen LogP contribution in [0.5, 0.6) is 0 Å². The van der Waals surface area contributed by atoms with Crippen molar-refractivity contribution in [2.24, 2.45) is 0 Å². The molecule has 1 atom stereocenters. The number of aromatic nitrogens is 1. The Morgan fingerprint density at radius 1 is 1.38 bits per heavy atom. The molecule has 0 aromatic carbocycles. The predicted molar refractivity (Wildman–Crippen MR) is 48.7 cm³/mol. The van der Waals surface area contributed by atoms with E-state index >= 15 is 0 Å². The number of rotatable bonds is 3. The molecule has 0 radical (unpaired) electrons. The second-order valence-electron chi connectivity index (χ2n) is 2.89. The summed E-state index contributed by atoms with van der Waals surface area (Å²) < 4.78 is 61.2. The zero-order valence-corrected chi connectivity index (χ0v) is 8.92. The van der Waals surface area contributed by atoms with Gasteiger partial charge in [-0.25, -0.2) is 0 Å². The van der Waals surface area contributed by atoms with E-state index in [4.69, 9.17) is 0 Å². The summed E-state index contributed by atoms with van der Waals surface area (Å²) >= 11 is 0. The van der Waals surface area contributed by atoms with E-state index in [1.165, 1.54) is 25.3 Å². The molecule has 1 rings (SSSR count). The number of pyridine rings is 1. The van der Waals surface area contributed by atoms with E-state index in [2.05, 4.69) is 9.17 Å². The van der Waals surface area contributed by atoms with Crippen LogP contribution in [0.1, 0.15) is 18.7 Å². The van der Waals surface area contributed by atoms with Crippen molar-refractivity contribution < 1.29 is 25.8 Å². The van der Waals surface area contributed by atoms with Gasteiger partial charge in [-0.2, -0.15) is 21.6 Å². The van der Waals surface area contributed by atoms with Crippen molar-refractivity contribution in [2.45, 2.75) is 18.5 Å². The Morgan fingerprint density at radius 2 is 2.00 bits per heavy atom. The average molecular weight is 255 g/mol. The maximum absolute atomic E-state index is 12.0. The highest BCUT2D eigenvalue weighted by molar-refractivity contribution is 7.87. The minimum atomic E-state index is -5.59. The molecule has 0 amide bonds. The molecule has 1 aromatic heterocycles. The molecule has 1 unspecified atom stereocenters. The van der Waals surface area contributed by atoms with Crippen LogP contribution >= 0.6 is 0 Å². The first-order valence-corrected chi connectivity index (χ1v) is 5.55. The van der Waals surface area contributed by atoms with Crippen molar-refractivity contribution in [3.63, 3.8) is 0 Å². The van der Waals surface area contributed by atoms with E-state index in [9.17, 15) is 21.6 Å². The summed E-state index contributed by atoms with van der Waals surface area (Å²) in [5.74, 6) is 0. The lowest BCUT2D eigenvalue weighted by atomic mass is 10.2. The first kappa shape index (κ1) is 12.9. The third-order valence-electron chi connectivity index (χ3n) is 1.66. The highest BCUT2D eigenvalue weighted by Gasteiger charge is 2.48. The van der Waals surface area contributed by atoms with Crippen molar-refractivity contribution in [1.29, 1.82) is 0 Å². The van der Waals surface area contributed by atoms with Gasteiger partial charge in [0.05, 0.1) is 5.69 Å². The first-order chi connectivity index (χ1) is 7.24. The SMILES string of the molecule is CC(OS(=O)(=O)C(F)(F)F)c1ccccn1. The smallest absolute Gasteiger partial charge is 0.258 e. The zero-order chi connectivity index (χ0) is 12.4. The Bertz CT molecular complexity index is 443. The summed E-state index contributed by atoms with van der Waals surface area (Å²) in [7, 11) is -5.59. The van der Waals surface area contributed by atoms with Crippen LogP contribution in [0.4, 0.5) is 13.2 Å². The van der Waals surface area contributed by atoms with Crippen LogP contribution in [0.2, 0.25) is 0 Å². The molecule has 0 spiro atoms. The summed E-state index contributed by atoms with van der Waals surface area (Å²) in [5.41, 5.74) is -5.31.